The summed E-state index contributed by atoms with van der Waals surface area (Å²) in [6.45, 7) is 3.80. The molecule has 0 aliphatic carbocycles. The van der Waals surface area contributed by atoms with Gasteiger partial charge in [-0.1, -0.05) is 0 Å². The largest absolute Gasteiger partial charge is 0.368 e. The van der Waals surface area contributed by atoms with Gasteiger partial charge in [-0.2, -0.15) is 0 Å². The molecular formula is C11H24N4O. The molecule has 1 aliphatic rings. The van der Waals surface area contributed by atoms with Gasteiger partial charge < -0.3 is 21.3 Å². The van der Waals surface area contributed by atoms with E-state index in [-0.39, 0.29) is 0 Å². The molecule has 0 bridgehead atoms. The van der Waals surface area contributed by atoms with Crippen molar-refractivity contribution in [2.75, 3.05) is 40.3 Å². The third-order valence-corrected chi connectivity index (χ3v) is 3.15. The molecule has 1 atom stereocenters. The molecule has 4 N–H and O–H groups in total. The molecule has 5 nitrogen and oxygen atoms in total. The van der Waals surface area contributed by atoms with Crippen molar-refractivity contribution in [2.45, 2.75) is 18.9 Å². The number of carbonyl (C=O) groups excluding carboxylic acids is 1. The van der Waals surface area contributed by atoms with Crippen LogP contribution in [0.5, 0.6) is 0 Å². The minimum atomic E-state index is -0.523. The van der Waals surface area contributed by atoms with E-state index in [0.29, 0.717) is 6.54 Å². The molecule has 16 heavy (non-hydrogen) atoms. The Morgan fingerprint density at radius 1 is 1.44 bits per heavy atom. The molecule has 1 aliphatic heterocycles. The van der Waals surface area contributed by atoms with Crippen LogP contribution in [0.2, 0.25) is 0 Å². The van der Waals surface area contributed by atoms with Crippen molar-refractivity contribution in [3.05, 3.63) is 0 Å². The van der Waals surface area contributed by atoms with Crippen LogP contribution >= 0.6 is 0 Å². The Labute approximate surface area is 97.7 Å². The predicted molar refractivity (Wildman–Crippen MR) is 64.9 cm³/mol. The summed E-state index contributed by atoms with van der Waals surface area (Å²) in [7, 11) is 4.21. The van der Waals surface area contributed by atoms with Crippen LogP contribution in [0.25, 0.3) is 0 Å². The monoisotopic (exact) mass is 228 g/mol. The summed E-state index contributed by atoms with van der Waals surface area (Å²) in [6, 6.07) is -0.523. The Morgan fingerprint density at radius 3 is 2.44 bits per heavy atom. The first-order chi connectivity index (χ1) is 7.49. The van der Waals surface area contributed by atoms with Crippen LogP contribution < -0.4 is 11.5 Å². The SMILES string of the molecule is CN(C)CC1CCN(CC(N)C(N)=O)CC1. The van der Waals surface area contributed by atoms with Crippen LogP contribution in [-0.2, 0) is 4.79 Å². The van der Waals surface area contributed by atoms with Gasteiger partial charge in [0.25, 0.3) is 0 Å². The highest BCUT2D eigenvalue weighted by atomic mass is 16.1. The second-order valence-corrected chi connectivity index (χ2v) is 5.02. The van der Waals surface area contributed by atoms with Gasteiger partial charge in [-0.25, -0.2) is 0 Å². The van der Waals surface area contributed by atoms with Crippen molar-refractivity contribution < 1.29 is 4.79 Å². The van der Waals surface area contributed by atoms with Crippen LogP contribution in [0.1, 0.15) is 12.8 Å². The number of hydrogen-bond acceptors (Lipinski definition) is 4. The molecule has 0 spiro atoms. The van der Waals surface area contributed by atoms with E-state index < -0.39 is 11.9 Å². The van der Waals surface area contributed by atoms with Crippen LogP contribution in [0.15, 0.2) is 0 Å². The number of carbonyl (C=O) groups is 1. The highest BCUT2D eigenvalue weighted by molar-refractivity contribution is 5.79. The Morgan fingerprint density at radius 2 is 2.00 bits per heavy atom. The molecule has 0 saturated carbocycles. The minimum Gasteiger partial charge on any atom is -0.368 e. The Hall–Kier alpha value is -0.650. The molecule has 1 amide bonds. The fourth-order valence-electron chi connectivity index (χ4n) is 2.24. The van der Waals surface area contributed by atoms with Crippen LogP contribution in [0.3, 0.4) is 0 Å². The maximum Gasteiger partial charge on any atom is 0.235 e. The normalized spacial score (nSPS) is 21.2. The van der Waals surface area contributed by atoms with Gasteiger partial charge in [-0.15, -0.1) is 0 Å². The van der Waals surface area contributed by atoms with Gasteiger partial charge in [0.05, 0.1) is 6.04 Å². The average Bonchev–Trinajstić information content (AvgIpc) is 2.20. The summed E-state index contributed by atoms with van der Waals surface area (Å²) >= 11 is 0. The molecule has 1 saturated heterocycles. The lowest BCUT2D eigenvalue weighted by molar-refractivity contribution is -0.119. The summed E-state index contributed by atoms with van der Waals surface area (Å²) in [4.78, 5) is 15.3. The molecule has 1 rings (SSSR count). The van der Waals surface area contributed by atoms with E-state index in [1.165, 1.54) is 12.8 Å². The van der Waals surface area contributed by atoms with Crippen LogP contribution in [-0.4, -0.2) is 62.0 Å². The molecule has 1 fully saturated rings. The maximum absolute atomic E-state index is 10.8. The second kappa shape index (κ2) is 6.18. The van der Waals surface area contributed by atoms with Crippen molar-refractivity contribution in [1.82, 2.24) is 9.80 Å². The predicted octanol–water partition coefficient (Wildman–Crippen LogP) is -0.927. The van der Waals surface area contributed by atoms with Crippen molar-refractivity contribution >= 4 is 5.91 Å². The highest BCUT2D eigenvalue weighted by Gasteiger charge is 2.22. The third kappa shape index (κ3) is 4.47. The number of piperidine rings is 1. The third-order valence-electron chi connectivity index (χ3n) is 3.15. The molecule has 1 unspecified atom stereocenters. The topological polar surface area (TPSA) is 75.6 Å². The van der Waals surface area contributed by atoms with Gasteiger partial charge in [0, 0.05) is 13.1 Å². The summed E-state index contributed by atoms with van der Waals surface area (Å²) in [5, 5.41) is 0. The molecular weight excluding hydrogens is 204 g/mol. The van der Waals surface area contributed by atoms with Gasteiger partial charge in [0.1, 0.15) is 0 Å². The second-order valence-electron chi connectivity index (χ2n) is 5.02. The van der Waals surface area contributed by atoms with Crippen LogP contribution in [0, 0.1) is 5.92 Å². The van der Waals surface area contributed by atoms with Gasteiger partial charge >= 0.3 is 0 Å². The summed E-state index contributed by atoms with van der Waals surface area (Å²) in [6.07, 6.45) is 2.37. The van der Waals surface area contributed by atoms with E-state index in [9.17, 15) is 4.79 Å². The number of amides is 1. The van der Waals surface area contributed by atoms with Gasteiger partial charge in [0.15, 0.2) is 0 Å². The molecule has 0 aromatic heterocycles. The van der Waals surface area contributed by atoms with Crippen molar-refractivity contribution in [3.63, 3.8) is 0 Å². The molecule has 0 aromatic rings. The quantitative estimate of drug-likeness (QED) is 0.637. The summed E-state index contributed by atoms with van der Waals surface area (Å²) < 4.78 is 0. The number of primary amides is 1. The molecule has 0 aromatic carbocycles. The first kappa shape index (κ1) is 13.4. The number of hydrogen-bond donors (Lipinski definition) is 2. The summed E-state index contributed by atoms with van der Waals surface area (Å²) in [5.41, 5.74) is 10.8. The van der Waals surface area contributed by atoms with E-state index in [4.69, 9.17) is 11.5 Å². The molecule has 94 valence electrons. The molecule has 0 radical (unpaired) electrons. The van der Waals surface area contributed by atoms with E-state index >= 15 is 0 Å². The number of nitrogens with two attached hydrogens (primary N) is 2. The lowest BCUT2D eigenvalue weighted by atomic mass is 9.96. The first-order valence-electron chi connectivity index (χ1n) is 5.91. The van der Waals surface area contributed by atoms with E-state index in [2.05, 4.69) is 23.9 Å². The lowest BCUT2D eigenvalue weighted by Gasteiger charge is -2.33. The Kier molecular flexibility index (Phi) is 5.18. The van der Waals surface area contributed by atoms with E-state index in [0.717, 1.165) is 25.6 Å². The molecule has 5 heteroatoms. The zero-order valence-corrected chi connectivity index (χ0v) is 10.4. The average molecular weight is 228 g/mol. The van der Waals surface area contributed by atoms with Gasteiger partial charge in [-0.3, -0.25) is 4.79 Å². The smallest absolute Gasteiger partial charge is 0.235 e. The standard InChI is InChI=1S/C11H24N4O/c1-14(2)7-9-3-5-15(6-4-9)8-10(12)11(13)16/h9-10H,3-8,12H2,1-2H3,(H2,13,16). The fourth-order valence-corrected chi connectivity index (χ4v) is 2.24. The molecule has 1 heterocycles. The Balaban J connectivity index is 2.24. The maximum atomic E-state index is 10.8. The minimum absolute atomic E-state index is 0.407. The zero-order chi connectivity index (χ0) is 12.1. The van der Waals surface area contributed by atoms with Gasteiger partial charge in [0.2, 0.25) is 5.91 Å². The fraction of sp³-hybridized carbons (Fsp3) is 0.909. The highest BCUT2D eigenvalue weighted by Crippen LogP contribution is 2.17. The van der Waals surface area contributed by atoms with Crippen LogP contribution in [0.4, 0.5) is 0 Å². The van der Waals surface area contributed by atoms with Crippen molar-refractivity contribution in [1.29, 1.82) is 0 Å². The van der Waals surface area contributed by atoms with E-state index in [1.807, 2.05) is 0 Å². The van der Waals surface area contributed by atoms with E-state index in [1.54, 1.807) is 0 Å². The number of likely N-dealkylation sites (tertiary alicyclic amines) is 1. The van der Waals surface area contributed by atoms with Crippen molar-refractivity contribution in [2.24, 2.45) is 17.4 Å². The van der Waals surface area contributed by atoms with Gasteiger partial charge in [-0.05, 0) is 45.9 Å². The number of nitrogens with zero attached hydrogens (tertiary/aromatic N) is 2. The van der Waals surface area contributed by atoms with Crippen molar-refractivity contribution in [3.8, 4) is 0 Å². The lowest BCUT2D eigenvalue weighted by Crippen LogP contribution is -2.48. The Bertz CT molecular complexity index is 224. The zero-order valence-electron chi connectivity index (χ0n) is 10.4. The first-order valence-corrected chi connectivity index (χ1v) is 5.91. The summed E-state index contributed by atoms with van der Waals surface area (Å²) in [5.74, 6) is 0.367. The number of rotatable bonds is 5.